The van der Waals surface area contributed by atoms with Gasteiger partial charge in [0, 0.05) is 0 Å². The fraction of sp³-hybridized carbons (Fsp3) is 0.158. The Balaban J connectivity index is 1.72. The Morgan fingerprint density at radius 3 is 3.13 bits per heavy atom. The summed E-state index contributed by atoms with van der Waals surface area (Å²) in [6.45, 7) is 0. The number of rotatable bonds is 3. The second-order valence-corrected chi connectivity index (χ2v) is 12.1. The number of amides is 1. The second kappa shape index (κ2) is 8.19. The summed E-state index contributed by atoms with van der Waals surface area (Å²) >= 11 is -1.38. The summed E-state index contributed by atoms with van der Waals surface area (Å²) in [4.78, 5) is 20.7. The number of fused-ring (bicyclic) bond motifs is 4. The molecule has 0 radical (unpaired) electrons. The molecule has 30 heavy (non-hydrogen) atoms. The van der Waals surface area contributed by atoms with Gasteiger partial charge in [-0.25, -0.2) is 0 Å². The Kier molecular flexibility index (Phi) is 5.41. The van der Waals surface area contributed by atoms with Crippen LogP contribution in [-0.2, 0) is 7.82 Å². The van der Waals surface area contributed by atoms with Gasteiger partial charge in [0.1, 0.15) is 0 Å². The number of anilines is 3. The van der Waals surface area contributed by atoms with E-state index in [9.17, 15) is 9.18 Å². The Bertz CT molecular complexity index is 1140. The van der Waals surface area contributed by atoms with E-state index in [1.54, 1.807) is 24.5 Å². The molecule has 158 valence electrons. The number of methoxy groups -OCH3 is 1. The van der Waals surface area contributed by atoms with Crippen molar-refractivity contribution in [2.75, 3.05) is 16.0 Å². The first kappa shape index (κ1) is 19.8. The second-order valence-electron chi connectivity index (χ2n) is 6.56. The van der Waals surface area contributed by atoms with Gasteiger partial charge in [-0.15, -0.1) is 0 Å². The van der Waals surface area contributed by atoms with E-state index in [1.165, 1.54) is 13.2 Å². The summed E-state index contributed by atoms with van der Waals surface area (Å²) in [5, 5.41) is 6.31. The Morgan fingerprint density at radius 2 is 2.27 bits per heavy atom. The van der Waals surface area contributed by atoms with Crippen molar-refractivity contribution in [2.45, 2.75) is 10.5 Å². The maximum absolute atomic E-state index is 14.3. The van der Waals surface area contributed by atoms with Crippen LogP contribution in [0.3, 0.4) is 0 Å². The summed E-state index contributed by atoms with van der Waals surface area (Å²) in [6, 6.07) is 6.52. The molecule has 3 aromatic rings. The molecule has 0 fully saturated rings. The molecule has 1 amide bonds. The molecular formula is C19H16FI2N5O3-2. The van der Waals surface area contributed by atoms with Crippen LogP contribution in [0, 0.1) is 5.82 Å². The normalized spacial score (nSPS) is 17.9. The number of H-pyrrole nitrogens is 1. The molecule has 4 heterocycles. The van der Waals surface area contributed by atoms with Gasteiger partial charge < -0.3 is 0 Å². The van der Waals surface area contributed by atoms with E-state index < -0.39 is 49.3 Å². The number of benzene rings is 1. The number of aromatic nitrogens is 2. The zero-order valence-electron chi connectivity index (χ0n) is 15.6. The molecule has 2 aliphatic rings. The number of halogens is 3. The average molecular weight is 635 g/mol. The van der Waals surface area contributed by atoms with E-state index in [0.717, 1.165) is 22.6 Å². The SMILES string of the molecule is COc1c(F)cccc1Nc1c2[nH]c3c1C(=O)N[C@@H](C3)[I-]O[I-]Nc1cnccc1-2. The Labute approximate surface area is 193 Å². The first-order chi connectivity index (χ1) is 14.7. The molecule has 0 spiro atoms. The van der Waals surface area contributed by atoms with E-state index in [4.69, 9.17) is 6.13 Å². The number of hydrogen-bond donors (Lipinski definition) is 4. The summed E-state index contributed by atoms with van der Waals surface area (Å²) < 4.78 is 28.8. The molecule has 2 aromatic heterocycles. The van der Waals surface area contributed by atoms with Crippen molar-refractivity contribution >= 4 is 23.0 Å². The standard InChI is InChI=1S/C19H16FI2N5O3/c1-29-18-10(20)3-2-4-11(18)24-17-15-12-7-14(26-19(15)28)21-30-22-27-13-8-23-6-5-9(13)16(17)25-12/h2-6,8,14,24-25,27H,7H2,1H3,(H,26,28)/q-2/t14-/m0/s1. The van der Waals surface area contributed by atoms with Crippen LogP contribution in [0.1, 0.15) is 16.1 Å². The van der Waals surface area contributed by atoms with Gasteiger partial charge in [0.2, 0.25) is 0 Å². The summed E-state index contributed by atoms with van der Waals surface area (Å²) in [6.07, 6.45) is 4.10. The third-order valence-electron chi connectivity index (χ3n) is 4.81. The molecule has 1 aromatic carbocycles. The molecule has 0 saturated carbocycles. The van der Waals surface area contributed by atoms with Gasteiger partial charge in [0.15, 0.2) is 0 Å². The fourth-order valence-electron chi connectivity index (χ4n) is 3.53. The molecule has 5 rings (SSSR count). The number of ether oxygens (including phenoxy) is 1. The van der Waals surface area contributed by atoms with Gasteiger partial charge in [-0.2, -0.15) is 0 Å². The van der Waals surface area contributed by atoms with E-state index in [1.807, 2.05) is 6.07 Å². The van der Waals surface area contributed by atoms with E-state index >= 15 is 0 Å². The molecule has 0 saturated heterocycles. The zero-order chi connectivity index (χ0) is 20.7. The van der Waals surface area contributed by atoms with Gasteiger partial charge in [-0.05, 0) is 0 Å². The first-order valence-corrected chi connectivity index (χ1v) is 13.0. The fourth-order valence-corrected chi connectivity index (χ4v) is 8.40. The van der Waals surface area contributed by atoms with Gasteiger partial charge in [-0.1, -0.05) is 0 Å². The number of para-hydroxylation sites is 1. The van der Waals surface area contributed by atoms with Gasteiger partial charge in [0.25, 0.3) is 0 Å². The first-order valence-electron chi connectivity index (χ1n) is 8.94. The minimum absolute atomic E-state index is 0.00677. The number of pyridine rings is 1. The molecule has 2 aliphatic heterocycles. The van der Waals surface area contributed by atoms with Crippen molar-refractivity contribution in [3.05, 3.63) is 53.7 Å². The van der Waals surface area contributed by atoms with Gasteiger partial charge in [0.05, 0.1) is 0 Å². The summed E-state index contributed by atoms with van der Waals surface area (Å²) in [7, 11) is 1.42. The number of nitrogens with zero attached hydrogens (tertiary/aromatic N) is 1. The van der Waals surface area contributed by atoms with Gasteiger partial charge >= 0.3 is 194 Å². The van der Waals surface area contributed by atoms with Crippen LogP contribution in [0.2, 0.25) is 0 Å². The van der Waals surface area contributed by atoms with E-state index in [0.29, 0.717) is 23.4 Å². The molecule has 11 heteroatoms. The van der Waals surface area contributed by atoms with Crippen molar-refractivity contribution in [1.82, 2.24) is 15.3 Å². The van der Waals surface area contributed by atoms with Crippen LogP contribution < -0.4 is 62.4 Å². The third kappa shape index (κ3) is 3.47. The molecule has 3 bridgehead atoms. The molecular weight excluding hydrogens is 619 g/mol. The van der Waals surface area contributed by atoms with Crippen molar-refractivity contribution in [2.24, 2.45) is 0 Å². The molecule has 4 N–H and O–H groups in total. The van der Waals surface area contributed by atoms with Crippen molar-refractivity contribution in [1.29, 1.82) is 0 Å². The average Bonchev–Trinajstić information content (AvgIpc) is 3.08. The predicted molar refractivity (Wildman–Crippen MR) is 99.9 cm³/mol. The zero-order valence-corrected chi connectivity index (χ0v) is 19.9. The van der Waals surface area contributed by atoms with Crippen LogP contribution in [-0.4, -0.2) is 27.0 Å². The number of hydrogen-bond acceptors (Lipinski definition) is 6. The van der Waals surface area contributed by atoms with Crippen LogP contribution in [0.25, 0.3) is 11.3 Å². The van der Waals surface area contributed by atoms with Gasteiger partial charge in [-0.3, -0.25) is 0 Å². The number of alkyl halides is 1. The van der Waals surface area contributed by atoms with Crippen molar-refractivity contribution in [3.8, 4) is 17.0 Å². The molecule has 8 nitrogen and oxygen atoms in total. The third-order valence-corrected chi connectivity index (χ3v) is 9.74. The molecule has 0 aliphatic carbocycles. The number of aromatic amines is 1. The van der Waals surface area contributed by atoms with E-state index in [-0.39, 0.29) is 15.7 Å². The molecule has 0 unspecified atom stereocenters. The number of carbonyl (C=O) groups excluding carboxylic acids is 1. The van der Waals surface area contributed by atoms with Crippen molar-refractivity contribution < 1.29 is 58.8 Å². The van der Waals surface area contributed by atoms with Crippen LogP contribution in [0.4, 0.5) is 21.5 Å². The Morgan fingerprint density at radius 1 is 1.37 bits per heavy atom. The van der Waals surface area contributed by atoms with Crippen molar-refractivity contribution in [3.63, 3.8) is 0 Å². The van der Waals surface area contributed by atoms with Crippen LogP contribution >= 0.6 is 0 Å². The summed E-state index contributed by atoms with van der Waals surface area (Å²) in [5.41, 5.74) is 4.78. The number of nitrogens with one attached hydrogen (secondary N) is 4. The quantitative estimate of drug-likeness (QED) is 0.106. The molecule has 1 atom stereocenters. The minimum atomic E-state index is -0.727. The van der Waals surface area contributed by atoms with Crippen LogP contribution in [0.15, 0.2) is 36.7 Å². The van der Waals surface area contributed by atoms with E-state index in [2.05, 4.69) is 24.1 Å². The monoisotopic (exact) mass is 635 g/mol. The summed E-state index contributed by atoms with van der Waals surface area (Å²) in [5.74, 6) is -0.565. The number of carbonyl (C=O) groups is 1. The van der Waals surface area contributed by atoms with Crippen LogP contribution in [0.5, 0.6) is 5.75 Å². The predicted octanol–water partition coefficient (Wildman–Crippen LogP) is -3.05. The Hall–Kier alpha value is -2.13. The maximum atomic E-state index is 14.3. The topological polar surface area (TPSA) is 100 Å².